The molecule has 0 aromatic heterocycles. The number of unbranched alkanes of at least 4 members (excludes halogenated alkanes) is 1. The van der Waals surface area contributed by atoms with E-state index in [9.17, 15) is 9.59 Å². The number of carbonyl (C=O) groups is 2. The molecule has 1 aromatic rings. The molecule has 0 spiro atoms. The van der Waals surface area contributed by atoms with Crippen LogP contribution in [0.25, 0.3) is 0 Å². The zero-order chi connectivity index (χ0) is 20.9. The van der Waals surface area contributed by atoms with Crippen LogP contribution in [0.1, 0.15) is 64.0 Å². The maximum atomic E-state index is 13.0. The van der Waals surface area contributed by atoms with Crippen molar-refractivity contribution < 1.29 is 14.7 Å². The van der Waals surface area contributed by atoms with Crippen LogP contribution < -0.4 is 0 Å². The minimum atomic E-state index is -0.847. The number of amides is 2. The van der Waals surface area contributed by atoms with E-state index in [1.807, 2.05) is 19.2 Å². The summed E-state index contributed by atoms with van der Waals surface area (Å²) in [5.74, 6) is -0.847. The van der Waals surface area contributed by atoms with E-state index in [0.29, 0.717) is 13.0 Å². The van der Waals surface area contributed by atoms with Gasteiger partial charge in [0.1, 0.15) is 0 Å². The molecule has 2 rings (SSSR count). The van der Waals surface area contributed by atoms with Gasteiger partial charge in [0.05, 0.1) is 5.54 Å². The van der Waals surface area contributed by atoms with Gasteiger partial charge in [0, 0.05) is 31.2 Å². The first kappa shape index (κ1) is 22.3. The molecule has 154 valence electrons. The van der Waals surface area contributed by atoms with Crippen LogP contribution in [0.5, 0.6) is 0 Å². The summed E-state index contributed by atoms with van der Waals surface area (Å²) < 4.78 is 0. The molecule has 1 N–H and O–H groups in total. The standard InChI is InChI=1S/C22H31ClN2O3/c1-5-7-9-16-11-12-18(14-19(16)23)22(3)17(6-2)15-25(21(28)24(22)4)13-8-10-20(26)27/h11-12,14-15H,5-10,13H2,1-4H3,(H,26,27)/t22-/m0/s1. The number of carbonyl (C=O) groups excluding carboxylic acids is 1. The Bertz CT molecular complexity index is 762. The molecule has 1 aliphatic heterocycles. The molecule has 2 amide bonds. The first-order chi connectivity index (χ1) is 13.2. The molecule has 6 heteroatoms. The highest BCUT2D eigenvalue weighted by molar-refractivity contribution is 6.31. The van der Waals surface area contributed by atoms with Gasteiger partial charge in [-0.25, -0.2) is 4.79 Å². The number of carboxylic acid groups (broad SMARTS) is 1. The van der Waals surface area contributed by atoms with E-state index in [-0.39, 0.29) is 12.5 Å². The van der Waals surface area contributed by atoms with Crippen molar-refractivity contribution in [3.8, 4) is 0 Å². The Morgan fingerprint density at radius 2 is 1.96 bits per heavy atom. The fourth-order valence-corrected chi connectivity index (χ4v) is 4.04. The number of nitrogens with zero attached hydrogens (tertiary/aromatic N) is 2. The Hall–Kier alpha value is -2.01. The quantitative estimate of drug-likeness (QED) is 0.595. The number of hydrogen-bond donors (Lipinski definition) is 1. The Labute approximate surface area is 173 Å². The Morgan fingerprint density at radius 3 is 2.54 bits per heavy atom. The Morgan fingerprint density at radius 1 is 1.25 bits per heavy atom. The summed E-state index contributed by atoms with van der Waals surface area (Å²) in [5, 5.41) is 9.59. The molecule has 0 fully saturated rings. The molecule has 0 bridgehead atoms. The second kappa shape index (κ2) is 9.46. The highest BCUT2D eigenvalue weighted by atomic mass is 35.5. The predicted octanol–water partition coefficient (Wildman–Crippen LogP) is 5.42. The van der Waals surface area contributed by atoms with Crippen LogP contribution in [0.4, 0.5) is 4.79 Å². The molecule has 1 atom stereocenters. The number of halogens is 1. The van der Waals surface area contributed by atoms with Gasteiger partial charge in [0.25, 0.3) is 0 Å². The average molecular weight is 407 g/mol. The van der Waals surface area contributed by atoms with Gasteiger partial charge in [-0.05, 0) is 55.4 Å². The van der Waals surface area contributed by atoms with E-state index in [2.05, 4.69) is 26.0 Å². The first-order valence-electron chi connectivity index (χ1n) is 10.0. The number of likely N-dealkylation sites (N-methyl/N-ethyl adjacent to an activating group) is 1. The van der Waals surface area contributed by atoms with Gasteiger partial charge >= 0.3 is 12.0 Å². The lowest BCUT2D eigenvalue weighted by Gasteiger charge is -2.47. The van der Waals surface area contributed by atoms with Gasteiger partial charge in [-0.15, -0.1) is 0 Å². The molecule has 0 saturated carbocycles. The third-order valence-electron chi connectivity index (χ3n) is 5.73. The zero-order valence-corrected chi connectivity index (χ0v) is 18.1. The maximum Gasteiger partial charge on any atom is 0.324 e. The molecule has 0 saturated heterocycles. The van der Waals surface area contributed by atoms with Crippen molar-refractivity contribution in [2.45, 2.75) is 64.8 Å². The van der Waals surface area contributed by atoms with Crippen LogP contribution in [-0.4, -0.2) is 40.5 Å². The molecule has 1 heterocycles. The molecular weight excluding hydrogens is 376 g/mol. The molecule has 5 nitrogen and oxygen atoms in total. The highest BCUT2D eigenvalue weighted by Gasteiger charge is 2.42. The summed E-state index contributed by atoms with van der Waals surface area (Å²) in [7, 11) is 1.80. The highest BCUT2D eigenvalue weighted by Crippen LogP contribution is 2.41. The number of aliphatic carboxylic acids is 1. The molecule has 0 unspecified atom stereocenters. The summed E-state index contributed by atoms with van der Waals surface area (Å²) in [5.41, 5.74) is 2.65. The SMILES string of the molecule is CCCCc1ccc([C@]2(C)C(CC)=CN(CCCC(=O)O)C(=O)N2C)cc1Cl. The van der Waals surface area contributed by atoms with Crippen molar-refractivity contribution in [1.29, 1.82) is 0 Å². The molecular formula is C22H31ClN2O3. The third-order valence-corrected chi connectivity index (χ3v) is 6.08. The summed E-state index contributed by atoms with van der Waals surface area (Å²) in [6.45, 7) is 6.67. The second-order valence-electron chi connectivity index (χ2n) is 7.52. The average Bonchev–Trinajstić information content (AvgIpc) is 2.66. The van der Waals surface area contributed by atoms with Crippen LogP contribution in [0.15, 0.2) is 30.0 Å². The van der Waals surface area contributed by atoms with Crippen molar-refractivity contribution in [1.82, 2.24) is 9.80 Å². The number of carboxylic acids is 1. The summed E-state index contributed by atoms with van der Waals surface area (Å²) >= 11 is 6.56. The van der Waals surface area contributed by atoms with Crippen LogP contribution in [0.3, 0.4) is 0 Å². The molecule has 28 heavy (non-hydrogen) atoms. The maximum absolute atomic E-state index is 13.0. The van der Waals surface area contributed by atoms with E-state index >= 15 is 0 Å². The van der Waals surface area contributed by atoms with E-state index in [0.717, 1.165) is 47.4 Å². The number of benzene rings is 1. The zero-order valence-electron chi connectivity index (χ0n) is 17.3. The summed E-state index contributed by atoms with van der Waals surface area (Å²) in [6, 6.07) is 6.00. The second-order valence-corrected chi connectivity index (χ2v) is 7.93. The van der Waals surface area contributed by atoms with E-state index in [1.54, 1.807) is 16.8 Å². The lowest BCUT2D eigenvalue weighted by Crippen LogP contribution is -2.54. The monoisotopic (exact) mass is 406 g/mol. The van der Waals surface area contributed by atoms with Crippen LogP contribution in [0, 0.1) is 0 Å². The van der Waals surface area contributed by atoms with Crippen LogP contribution in [-0.2, 0) is 16.8 Å². The van der Waals surface area contributed by atoms with Crippen LogP contribution in [0.2, 0.25) is 5.02 Å². The van der Waals surface area contributed by atoms with Gasteiger partial charge < -0.3 is 14.9 Å². The fourth-order valence-electron chi connectivity index (χ4n) is 3.76. The molecule has 1 aliphatic rings. The fraction of sp³-hybridized carbons (Fsp3) is 0.545. The molecule has 0 aliphatic carbocycles. The number of hydrogen-bond acceptors (Lipinski definition) is 2. The van der Waals surface area contributed by atoms with Crippen molar-refractivity contribution in [2.24, 2.45) is 0 Å². The lowest BCUT2D eigenvalue weighted by atomic mass is 9.80. The van der Waals surface area contributed by atoms with Crippen molar-refractivity contribution in [3.05, 3.63) is 46.1 Å². The van der Waals surface area contributed by atoms with Gasteiger partial charge in [-0.2, -0.15) is 0 Å². The topological polar surface area (TPSA) is 60.9 Å². The van der Waals surface area contributed by atoms with E-state index in [1.165, 1.54) is 0 Å². The molecule has 0 radical (unpaired) electrons. The number of urea groups is 1. The normalized spacial score (nSPS) is 19.8. The van der Waals surface area contributed by atoms with Crippen molar-refractivity contribution in [3.63, 3.8) is 0 Å². The largest absolute Gasteiger partial charge is 0.481 e. The van der Waals surface area contributed by atoms with Gasteiger partial charge in [-0.3, -0.25) is 4.79 Å². The van der Waals surface area contributed by atoms with Crippen molar-refractivity contribution >= 4 is 23.6 Å². The Balaban J connectivity index is 2.35. The third kappa shape index (κ3) is 4.52. The van der Waals surface area contributed by atoms with Crippen molar-refractivity contribution in [2.75, 3.05) is 13.6 Å². The van der Waals surface area contributed by atoms with Gasteiger partial charge in [-0.1, -0.05) is 44.0 Å². The summed E-state index contributed by atoms with van der Waals surface area (Å²) in [6.07, 6.45) is 6.32. The Kier molecular flexibility index (Phi) is 7.53. The first-order valence-corrected chi connectivity index (χ1v) is 10.4. The smallest absolute Gasteiger partial charge is 0.324 e. The lowest BCUT2D eigenvalue weighted by molar-refractivity contribution is -0.137. The minimum absolute atomic E-state index is 0.0505. The van der Waals surface area contributed by atoms with Gasteiger partial charge in [0.2, 0.25) is 0 Å². The number of rotatable bonds is 9. The van der Waals surface area contributed by atoms with E-state index in [4.69, 9.17) is 16.7 Å². The summed E-state index contributed by atoms with van der Waals surface area (Å²) in [4.78, 5) is 27.1. The van der Waals surface area contributed by atoms with E-state index < -0.39 is 11.5 Å². The number of aryl methyl sites for hydroxylation is 1. The molecule has 1 aromatic carbocycles. The predicted molar refractivity (Wildman–Crippen MR) is 113 cm³/mol. The minimum Gasteiger partial charge on any atom is -0.481 e. The van der Waals surface area contributed by atoms with Gasteiger partial charge in [0.15, 0.2) is 0 Å². The van der Waals surface area contributed by atoms with Crippen LogP contribution >= 0.6 is 11.6 Å².